The summed E-state index contributed by atoms with van der Waals surface area (Å²) in [4.78, 5) is 4.40. The Hall–Kier alpha value is -1.91. The van der Waals surface area contributed by atoms with Crippen molar-refractivity contribution in [2.45, 2.75) is 6.61 Å². The van der Waals surface area contributed by atoms with E-state index in [1.807, 2.05) is 42.5 Å². The van der Waals surface area contributed by atoms with E-state index in [0.717, 1.165) is 37.8 Å². The van der Waals surface area contributed by atoms with Crippen molar-refractivity contribution in [3.05, 3.63) is 58.7 Å². The van der Waals surface area contributed by atoms with Crippen LogP contribution in [-0.2, 0) is 6.61 Å². The maximum absolute atomic E-state index is 9.37. The van der Waals surface area contributed by atoms with Gasteiger partial charge in [-0.15, -0.1) is 0 Å². The van der Waals surface area contributed by atoms with Crippen molar-refractivity contribution in [1.29, 1.82) is 0 Å². The van der Waals surface area contributed by atoms with Gasteiger partial charge in [0.15, 0.2) is 0 Å². The number of aliphatic hydroxyl groups is 1. The lowest BCUT2D eigenvalue weighted by Gasteiger charge is -2.12. The largest absolute Gasteiger partial charge is 0.496 e. The molecule has 1 N–H and O–H groups in total. The van der Waals surface area contributed by atoms with Crippen LogP contribution in [0, 0.1) is 0 Å². The number of ether oxygens (including phenoxy) is 1. The zero-order valence-electron chi connectivity index (χ0n) is 11.5. The van der Waals surface area contributed by atoms with Crippen molar-refractivity contribution in [3.63, 3.8) is 0 Å². The molecule has 1 aromatic heterocycles. The first kappa shape index (κ1) is 14.0. The average molecular weight is 344 g/mol. The van der Waals surface area contributed by atoms with E-state index in [0.29, 0.717) is 0 Å². The van der Waals surface area contributed by atoms with E-state index >= 15 is 0 Å². The molecule has 21 heavy (non-hydrogen) atoms. The number of fused-ring (bicyclic) bond motifs is 1. The molecule has 0 fully saturated rings. The summed E-state index contributed by atoms with van der Waals surface area (Å²) < 4.78 is 6.47. The van der Waals surface area contributed by atoms with Gasteiger partial charge in [0, 0.05) is 21.6 Å². The highest BCUT2D eigenvalue weighted by molar-refractivity contribution is 9.10. The van der Waals surface area contributed by atoms with Crippen LogP contribution in [0.2, 0.25) is 0 Å². The third-order valence-electron chi connectivity index (χ3n) is 3.44. The van der Waals surface area contributed by atoms with E-state index < -0.39 is 0 Å². The standard InChI is InChI=1S/C17H14BrNO2/c1-21-17-5-2-11(10-20)8-15(17)13-6-7-19-16-4-3-12(18)9-14(13)16/h2-9,20H,10H2,1H3. The van der Waals surface area contributed by atoms with Crippen LogP contribution in [0.15, 0.2) is 53.1 Å². The van der Waals surface area contributed by atoms with Gasteiger partial charge in [-0.05, 0) is 47.5 Å². The molecule has 0 aliphatic carbocycles. The molecule has 3 aromatic rings. The molecule has 0 atom stereocenters. The number of methoxy groups -OCH3 is 1. The summed E-state index contributed by atoms with van der Waals surface area (Å²) in [6.07, 6.45) is 1.79. The molecule has 106 valence electrons. The van der Waals surface area contributed by atoms with E-state index in [-0.39, 0.29) is 6.61 Å². The smallest absolute Gasteiger partial charge is 0.126 e. The highest BCUT2D eigenvalue weighted by Crippen LogP contribution is 2.36. The van der Waals surface area contributed by atoms with Crippen LogP contribution in [0.5, 0.6) is 5.75 Å². The van der Waals surface area contributed by atoms with E-state index in [9.17, 15) is 5.11 Å². The average Bonchev–Trinajstić information content (AvgIpc) is 2.53. The zero-order chi connectivity index (χ0) is 14.8. The number of aliphatic hydroxyl groups excluding tert-OH is 1. The third kappa shape index (κ3) is 2.64. The minimum atomic E-state index is 0.00368. The van der Waals surface area contributed by atoms with Crippen LogP contribution in [0.4, 0.5) is 0 Å². The van der Waals surface area contributed by atoms with Crippen molar-refractivity contribution in [3.8, 4) is 16.9 Å². The second kappa shape index (κ2) is 5.84. The van der Waals surface area contributed by atoms with Crippen molar-refractivity contribution in [2.75, 3.05) is 7.11 Å². The number of aromatic nitrogens is 1. The molecule has 0 spiro atoms. The summed E-state index contributed by atoms with van der Waals surface area (Å²) in [5, 5.41) is 10.4. The first-order valence-electron chi connectivity index (χ1n) is 6.55. The molecule has 0 aliphatic rings. The van der Waals surface area contributed by atoms with Crippen LogP contribution in [0.3, 0.4) is 0 Å². The number of halogens is 1. The number of pyridine rings is 1. The second-order valence-corrected chi connectivity index (χ2v) is 5.63. The van der Waals surface area contributed by atoms with Crippen LogP contribution < -0.4 is 4.74 Å². The Morgan fingerprint density at radius 3 is 2.71 bits per heavy atom. The molecule has 3 rings (SSSR count). The van der Waals surface area contributed by atoms with E-state index in [4.69, 9.17) is 4.74 Å². The number of hydrogen-bond acceptors (Lipinski definition) is 3. The van der Waals surface area contributed by atoms with Gasteiger partial charge < -0.3 is 9.84 Å². The van der Waals surface area contributed by atoms with Gasteiger partial charge in [-0.3, -0.25) is 4.98 Å². The van der Waals surface area contributed by atoms with Gasteiger partial charge in [0.2, 0.25) is 0 Å². The number of nitrogens with zero attached hydrogens (tertiary/aromatic N) is 1. The molecule has 1 heterocycles. The van der Waals surface area contributed by atoms with Gasteiger partial charge in [0.25, 0.3) is 0 Å². The Morgan fingerprint density at radius 2 is 1.95 bits per heavy atom. The Labute approximate surface area is 131 Å². The Balaban J connectivity index is 2.31. The maximum Gasteiger partial charge on any atom is 0.126 e. The fourth-order valence-electron chi connectivity index (χ4n) is 2.42. The topological polar surface area (TPSA) is 42.4 Å². The summed E-state index contributed by atoms with van der Waals surface area (Å²) in [7, 11) is 1.65. The van der Waals surface area contributed by atoms with E-state index in [1.165, 1.54) is 0 Å². The monoisotopic (exact) mass is 343 g/mol. The minimum Gasteiger partial charge on any atom is -0.496 e. The molecule has 0 aliphatic heterocycles. The number of hydrogen-bond donors (Lipinski definition) is 1. The van der Waals surface area contributed by atoms with Crippen LogP contribution in [-0.4, -0.2) is 17.2 Å². The van der Waals surface area contributed by atoms with Gasteiger partial charge in [0.05, 0.1) is 19.2 Å². The van der Waals surface area contributed by atoms with Crippen LogP contribution >= 0.6 is 15.9 Å². The summed E-state index contributed by atoms with van der Waals surface area (Å²) in [5.41, 5.74) is 3.76. The molecule has 0 bridgehead atoms. The molecule has 0 amide bonds. The maximum atomic E-state index is 9.37. The molecule has 3 nitrogen and oxygen atoms in total. The van der Waals surface area contributed by atoms with Crippen LogP contribution in [0.1, 0.15) is 5.56 Å². The van der Waals surface area contributed by atoms with Crippen molar-refractivity contribution >= 4 is 26.8 Å². The molecule has 4 heteroatoms. The van der Waals surface area contributed by atoms with Crippen LogP contribution in [0.25, 0.3) is 22.0 Å². The zero-order valence-corrected chi connectivity index (χ0v) is 13.1. The first-order chi connectivity index (χ1) is 10.2. The lowest BCUT2D eigenvalue weighted by molar-refractivity contribution is 0.281. The van der Waals surface area contributed by atoms with E-state index in [2.05, 4.69) is 20.9 Å². The highest BCUT2D eigenvalue weighted by atomic mass is 79.9. The minimum absolute atomic E-state index is 0.00368. The summed E-state index contributed by atoms with van der Waals surface area (Å²) >= 11 is 3.50. The molecule has 0 unspecified atom stereocenters. The molecular weight excluding hydrogens is 330 g/mol. The first-order valence-corrected chi connectivity index (χ1v) is 7.34. The van der Waals surface area contributed by atoms with E-state index in [1.54, 1.807) is 13.3 Å². The van der Waals surface area contributed by atoms with Gasteiger partial charge >= 0.3 is 0 Å². The lowest BCUT2D eigenvalue weighted by Crippen LogP contribution is -1.92. The quantitative estimate of drug-likeness (QED) is 0.776. The number of benzene rings is 2. The third-order valence-corrected chi connectivity index (χ3v) is 3.93. The predicted molar refractivity (Wildman–Crippen MR) is 87.4 cm³/mol. The van der Waals surface area contributed by atoms with Gasteiger partial charge in [-0.25, -0.2) is 0 Å². The summed E-state index contributed by atoms with van der Waals surface area (Å²) in [6.45, 7) is 0.00368. The fourth-order valence-corrected chi connectivity index (χ4v) is 2.78. The lowest BCUT2D eigenvalue weighted by atomic mass is 9.98. The number of rotatable bonds is 3. The predicted octanol–water partition coefficient (Wildman–Crippen LogP) is 4.17. The summed E-state index contributed by atoms with van der Waals surface area (Å²) in [6, 6.07) is 13.7. The fraction of sp³-hybridized carbons (Fsp3) is 0.118. The van der Waals surface area contributed by atoms with Crippen molar-refractivity contribution in [2.24, 2.45) is 0 Å². The van der Waals surface area contributed by atoms with Crippen molar-refractivity contribution in [1.82, 2.24) is 4.98 Å². The molecule has 0 saturated heterocycles. The molecular formula is C17H14BrNO2. The van der Waals surface area contributed by atoms with Gasteiger partial charge in [-0.1, -0.05) is 22.0 Å². The normalized spacial score (nSPS) is 10.8. The molecule has 0 radical (unpaired) electrons. The Bertz CT molecular complexity index is 802. The SMILES string of the molecule is COc1ccc(CO)cc1-c1ccnc2ccc(Br)cc12. The summed E-state index contributed by atoms with van der Waals surface area (Å²) in [5.74, 6) is 0.777. The van der Waals surface area contributed by atoms with Gasteiger partial charge in [-0.2, -0.15) is 0 Å². The molecule has 0 saturated carbocycles. The van der Waals surface area contributed by atoms with Crippen molar-refractivity contribution < 1.29 is 9.84 Å². The van der Waals surface area contributed by atoms with Gasteiger partial charge in [0.1, 0.15) is 5.75 Å². The molecule has 2 aromatic carbocycles. The Kier molecular flexibility index (Phi) is 3.90. The highest BCUT2D eigenvalue weighted by Gasteiger charge is 2.11. The Morgan fingerprint density at radius 1 is 1.10 bits per heavy atom. The second-order valence-electron chi connectivity index (χ2n) is 4.71.